The van der Waals surface area contributed by atoms with E-state index in [4.69, 9.17) is 94.4 Å². The molecule has 0 saturated heterocycles. The highest BCUT2D eigenvalue weighted by Crippen LogP contribution is 2.35. The molecular weight excluding hydrogens is 1040 g/mol. The fourth-order valence-corrected chi connectivity index (χ4v) is 6.02. The minimum atomic E-state index is -1.45. The van der Waals surface area contributed by atoms with Crippen LogP contribution in [0.5, 0.6) is 0 Å². The van der Waals surface area contributed by atoms with Crippen molar-refractivity contribution in [2.45, 2.75) is 106 Å². The van der Waals surface area contributed by atoms with Crippen LogP contribution in [0.1, 0.15) is 99.3 Å². The Morgan fingerprint density at radius 2 is 0.737 bits per heavy atom. The van der Waals surface area contributed by atoms with Gasteiger partial charge in [0.1, 0.15) is 0 Å². The number of aliphatic hydroxyl groups excluding tert-OH is 8. The highest BCUT2D eigenvalue weighted by molar-refractivity contribution is 4.84. The second-order valence-electron chi connectivity index (χ2n) is 21.1. The molecule has 0 fully saturated rings. The third-order valence-corrected chi connectivity index (χ3v) is 12.2. The van der Waals surface area contributed by atoms with Crippen molar-refractivity contribution in [2.75, 3.05) is 146 Å². The fraction of sp³-hybridized carbons (Fsp3) is 1.00. The monoisotopic (exact) mass is 1130 g/mol. The van der Waals surface area contributed by atoms with Gasteiger partial charge in [-0.25, -0.2) is 98.9 Å². The molecule has 0 spiro atoms. The number of rotatable bonds is 58. The predicted octanol–water partition coefficient (Wildman–Crippen LogP) is 1.64. The van der Waals surface area contributed by atoms with Crippen LogP contribution in [-0.2, 0) is 98.2 Å². The summed E-state index contributed by atoms with van der Waals surface area (Å²) in [5.74, 6) is 0. The van der Waals surface area contributed by atoms with E-state index < -0.39 is 64.2 Å². The van der Waals surface area contributed by atoms with E-state index in [-0.39, 0.29) is 158 Å². The Hall–Kier alpha value is -1.24. The lowest BCUT2D eigenvalue weighted by Crippen LogP contribution is -2.42. The molecule has 0 aromatic rings. The van der Waals surface area contributed by atoms with Gasteiger partial charge < -0.3 is 40.9 Å². The molecule has 11 N–H and O–H groups in total. The van der Waals surface area contributed by atoms with Crippen LogP contribution in [0.3, 0.4) is 0 Å². The zero-order valence-corrected chi connectivity index (χ0v) is 45.1. The molecule has 0 bridgehead atoms. The zero-order valence-electron chi connectivity index (χ0n) is 45.1. The summed E-state index contributed by atoms with van der Waals surface area (Å²) in [6.07, 6.45) is 0.960. The largest absolute Gasteiger partial charge is 0.396 e. The Bertz CT molecular complexity index is 1340. The second kappa shape index (κ2) is 43.5. The van der Waals surface area contributed by atoms with Crippen molar-refractivity contribution in [1.29, 1.82) is 0 Å². The van der Waals surface area contributed by atoms with Crippen LogP contribution >= 0.6 is 0 Å². The van der Waals surface area contributed by atoms with Gasteiger partial charge in [0.15, 0.2) is 13.1 Å². The molecule has 0 saturated carbocycles. The van der Waals surface area contributed by atoms with Crippen molar-refractivity contribution in [3.8, 4) is 0 Å². The predicted molar refractivity (Wildman–Crippen MR) is 251 cm³/mol. The summed E-state index contributed by atoms with van der Waals surface area (Å²) < 4.78 is 0. The maximum absolute atomic E-state index is 10.5. The van der Waals surface area contributed by atoms with Gasteiger partial charge in [-0.3, -0.25) is 0 Å². The van der Waals surface area contributed by atoms with Crippen molar-refractivity contribution < 1.29 is 155 Å². The second-order valence-corrected chi connectivity index (χ2v) is 21.1. The smallest absolute Gasteiger partial charge is 0.188 e. The van der Waals surface area contributed by atoms with Crippen LogP contribution < -0.4 is 0 Å². The molecular formula is C45H92O31. The van der Waals surface area contributed by atoms with Crippen LogP contribution in [0.2, 0.25) is 0 Å². The molecule has 0 aromatic heterocycles. The lowest BCUT2D eigenvalue weighted by Gasteiger charge is -2.36. The summed E-state index contributed by atoms with van der Waals surface area (Å²) in [6.45, 7) is 5.05. The Balaban J connectivity index is 6.66. The van der Waals surface area contributed by atoms with Gasteiger partial charge in [-0.2, -0.15) is 0 Å². The first kappa shape index (κ1) is 74.8. The lowest BCUT2D eigenvalue weighted by atomic mass is 9.77. The first-order valence-corrected chi connectivity index (χ1v) is 24.7. The van der Waals surface area contributed by atoms with Crippen molar-refractivity contribution in [3.63, 3.8) is 0 Å². The van der Waals surface area contributed by atoms with Gasteiger partial charge in [0.05, 0.1) is 126 Å². The lowest BCUT2D eigenvalue weighted by molar-refractivity contribution is -0.626. The maximum atomic E-state index is 10.5. The molecule has 0 rings (SSSR count). The average Bonchev–Trinajstić information content (AvgIpc) is 3.41. The molecule has 31 nitrogen and oxygen atoms in total. The molecule has 8 unspecified atom stereocenters. The molecule has 0 radical (unpaired) electrons. The van der Waals surface area contributed by atoms with Gasteiger partial charge in [0.25, 0.3) is 0 Å². The van der Waals surface area contributed by atoms with E-state index in [0.29, 0.717) is 25.7 Å². The van der Waals surface area contributed by atoms with Crippen LogP contribution in [0.4, 0.5) is 0 Å². The molecule has 0 aromatic carbocycles. The molecule has 0 aliphatic rings. The fourth-order valence-electron chi connectivity index (χ4n) is 6.02. The van der Waals surface area contributed by atoms with Gasteiger partial charge in [-0.05, 0) is 55.0 Å². The zero-order chi connectivity index (χ0) is 57.1. The molecule has 31 heteroatoms. The Morgan fingerprint density at radius 3 is 1.18 bits per heavy atom. The summed E-state index contributed by atoms with van der Waals surface area (Å²) >= 11 is 0. The summed E-state index contributed by atoms with van der Waals surface area (Å²) in [5, 5.41) is 115. The van der Waals surface area contributed by atoms with E-state index in [1.54, 1.807) is 34.6 Å². The normalized spacial score (nSPS) is 18.3. The highest BCUT2D eigenvalue weighted by Gasteiger charge is 2.39. The minimum Gasteiger partial charge on any atom is -0.396 e. The topological polar surface area (TPSA) is 407 Å². The standard InChI is InChI=1S/C45H92O31/c1-39(20-48,12-10-38(53)73-54)24-60-62-27-42(4,11-7-8-16-46)28-63-68-34-45(14-13-40(2,21-49)26-71-76-75-56,36-70-66-32-44(6,33-67-72-37-52)31-59-57-18-9-17-47)35-69-65-30-43(5,23-51)29-64-61-25-41(3,22-50)15-19-58-74-55/h38,46-56H,7-37H2,1-6H3. The summed E-state index contributed by atoms with van der Waals surface area (Å²) in [6, 6.07) is 0. The first-order valence-electron chi connectivity index (χ1n) is 24.7. The SMILES string of the molecule is CC(CO)(CCOOO)COOCC(C)(CO)COOCC(CCC(C)(CO)COOOO)(COOCC(C)(CCCCO)COOCC(C)(CO)CCC(O)OO)COOCC(C)(COOCO)COOCCCO. The summed E-state index contributed by atoms with van der Waals surface area (Å²) in [5.41, 5.74) is -7.04. The van der Waals surface area contributed by atoms with Crippen LogP contribution in [-0.4, -0.2) is 208 Å². The van der Waals surface area contributed by atoms with E-state index in [1.807, 2.05) is 6.92 Å². The van der Waals surface area contributed by atoms with Gasteiger partial charge in [-0.15, -0.1) is 0 Å². The highest BCUT2D eigenvalue weighted by atomic mass is 17.6. The van der Waals surface area contributed by atoms with Crippen LogP contribution in [0, 0.1) is 37.9 Å². The van der Waals surface area contributed by atoms with E-state index in [0.717, 1.165) is 0 Å². The van der Waals surface area contributed by atoms with E-state index in [2.05, 4.69) is 29.8 Å². The van der Waals surface area contributed by atoms with Crippen LogP contribution in [0.25, 0.3) is 0 Å². The molecule has 458 valence electrons. The molecule has 76 heavy (non-hydrogen) atoms. The van der Waals surface area contributed by atoms with Crippen molar-refractivity contribution in [1.82, 2.24) is 0 Å². The molecule has 0 aliphatic carbocycles. The van der Waals surface area contributed by atoms with Crippen molar-refractivity contribution >= 4 is 0 Å². The number of hydrogen-bond donors (Lipinski definition) is 11. The molecule has 8 atom stereocenters. The molecule has 0 aliphatic heterocycles. The quantitative estimate of drug-likeness (QED) is 0.0178. The van der Waals surface area contributed by atoms with Crippen molar-refractivity contribution in [2.24, 2.45) is 37.9 Å². The van der Waals surface area contributed by atoms with Gasteiger partial charge in [-0.1, -0.05) is 53.0 Å². The summed E-state index contributed by atoms with van der Waals surface area (Å²) in [4.78, 5) is 90.2. The minimum absolute atomic E-state index is 0.00443. The third kappa shape index (κ3) is 35.5. The Labute approximate surface area is 443 Å². The van der Waals surface area contributed by atoms with Gasteiger partial charge in [0.2, 0.25) is 0 Å². The van der Waals surface area contributed by atoms with E-state index >= 15 is 0 Å². The average molecular weight is 1130 g/mol. The summed E-state index contributed by atoms with van der Waals surface area (Å²) in [7, 11) is 0. The van der Waals surface area contributed by atoms with Crippen molar-refractivity contribution in [3.05, 3.63) is 0 Å². The molecule has 0 amide bonds. The Kier molecular flexibility index (Phi) is 42.8. The Morgan fingerprint density at radius 1 is 0.329 bits per heavy atom. The number of hydrogen-bond acceptors (Lipinski definition) is 31. The first-order chi connectivity index (χ1) is 36.2. The van der Waals surface area contributed by atoms with Gasteiger partial charge >= 0.3 is 0 Å². The molecule has 0 heterocycles. The maximum Gasteiger partial charge on any atom is 0.188 e. The third-order valence-electron chi connectivity index (χ3n) is 12.2. The van der Waals surface area contributed by atoms with E-state index in [1.165, 1.54) is 0 Å². The van der Waals surface area contributed by atoms with E-state index in [9.17, 15) is 30.6 Å². The number of unbranched alkanes of at least 4 members (excludes halogenated alkanes) is 1. The number of aliphatic hydroxyl groups is 8. The van der Waals surface area contributed by atoms with Crippen LogP contribution in [0.15, 0.2) is 0 Å². The van der Waals surface area contributed by atoms with Gasteiger partial charge in [0, 0.05) is 57.5 Å².